The van der Waals surface area contributed by atoms with Gasteiger partial charge in [0.05, 0.1) is 6.10 Å². The first-order chi connectivity index (χ1) is 13.9. The van der Waals surface area contributed by atoms with E-state index in [1.165, 1.54) is 32.6 Å². The lowest BCUT2D eigenvalue weighted by Crippen LogP contribution is -2.65. The van der Waals surface area contributed by atoms with Crippen molar-refractivity contribution in [1.29, 1.82) is 0 Å². The quantitative estimate of drug-likeness (QED) is 0.503. The topological polar surface area (TPSA) is 63.6 Å². The van der Waals surface area contributed by atoms with Crippen molar-refractivity contribution in [3.8, 4) is 0 Å². The molecule has 8 atom stereocenters. The van der Waals surface area contributed by atoms with Gasteiger partial charge in [0.1, 0.15) is 12.4 Å². The van der Waals surface area contributed by atoms with E-state index in [0.29, 0.717) is 29.2 Å². The number of esters is 1. The highest BCUT2D eigenvalue weighted by atomic mass is 16.5. The van der Waals surface area contributed by atoms with Crippen LogP contribution in [0.1, 0.15) is 86.5 Å². The number of aliphatic hydroxyl groups is 1. The molecule has 0 spiro atoms. The maximum Gasteiger partial charge on any atom is 0.302 e. The fourth-order valence-electron chi connectivity index (χ4n) is 9.06. The van der Waals surface area contributed by atoms with Crippen LogP contribution in [-0.4, -0.2) is 29.6 Å². The van der Waals surface area contributed by atoms with Crippen molar-refractivity contribution in [2.45, 2.75) is 98.7 Å². The Bertz CT molecular complexity index is 769. The number of ether oxygens (including phenoxy) is 1. The van der Waals surface area contributed by atoms with E-state index >= 15 is 0 Å². The fourth-order valence-corrected chi connectivity index (χ4v) is 9.06. The van der Waals surface area contributed by atoms with Gasteiger partial charge in [0.15, 0.2) is 0 Å². The van der Waals surface area contributed by atoms with E-state index in [2.05, 4.69) is 34.6 Å². The molecule has 4 aliphatic carbocycles. The average molecular weight is 417 g/mol. The summed E-state index contributed by atoms with van der Waals surface area (Å²) in [5.74, 6) is 1.06. The number of hydrogen-bond acceptors (Lipinski definition) is 4. The van der Waals surface area contributed by atoms with Gasteiger partial charge >= 0.3 is 5.97 Å². The first kappa shape index (κ1) is 22.0. The largest absolute Gasteiger partial charge is 0.462 e. The number of carbonyl (C=O) groups is 2. The molecule has 168 valence electrons. The Labute approximate surface area is 181 Å². The van der Waals surface area contributed by atoms with E-state index in [-0.39, 0.29) is 28.8 Å². The monoisotopic (exact) mass is 416 g/mol. The highest BCUT2D eigenvalue weighted by Crippen LogP contribution is 2.72. The van der Waals surface area contributed by atoms with Crippen LogP contribution in [0.2, 0.25) is 0 Å². The molecule has 1 N–H and O–H groups in total. The minimum atomic E-state index is -0.720. The fraction of sp³-hybridized carbons (Fsp3) is 0.846. The summed E-state index contributed by atoms with van der Waals surface area (Å²) >= 11 is 0. The molecular weight excluding hydrogens is 376 g/mol. The minimum absolute atomic E-state index is 0.0654. The predicted molar refractivity (Wildman–Crippen MR) is 117 cm³/mol. The number of aliphatic hydroxyl groups excluding tert-OH is 1. The van der Waals surface area contributed by atoms with Crippen LogP contribution in [0.5, 0.6) is 0 Å². The number of rotatable bonds is 2. The zero-order valence-electron chi connectivity index (χ0n) is 19.7. The summed E-state index contributed by atoms with van der Waals surface area (Å²) in [6.45, 7) is 13.5. The van der Waals surface area contributed by atoms with Crippen molar-refractivity contribution in [2.75, 3.05) is 0 Å². The van der Waals surface area contributed by atoms with E-state index < -0.39 is 11.5 Å². The predicted octanol–water partition coefficient (Wildman–Crippen LogP) is 5.08. The molecule has 0 aliphatic heterocycles. The Hall–Kier alpha value is -1.16. The van der Waals surface area contributed by atoms with Gasteiger partial charge in [-0.1, -0.05) is 47.1 Å². The Morgan fingerprint density at radius 3 is 2.33 bits per heavy atom. The number of aldehydes is 1. The molecule has 3 saturated carbocycles. The van der Waals surface area contributed by atoms with Crippen LogP contribution in [0.15, 0.2) is 11.6 Å². The van der Waals surface area contributed by atoms with E-state index in [1.54, 1.807) is 0 Å². The van der Waals surface area contributed by atoms with Crippen molar-refractivity contribution in [3.05, 3.63) is 11.6 Å². The van der Waals surface area contributed by atoms with E-state index in [1.807, 2.05) is 6.08 Å². The van der Waals surface area contributed by atoms with Gasteiger partial charge in [-0.3, -0.25) is 9.59 Å². The normalized spacial score (nSPS) is 49.7. The highest BCUT2D eigenvalue weighted by molar-refractivity contribution is 5.75. The molecule has 0 aromatic heterocycles. The molecule has 3 fully saturated rings. The summed E-state index contributed by atoms with van der Waals surface area (Å²) in [4.78, 5) is 23.7. The highest BCUT2D eigenvalue weighted by Gasteiger charge is 2.67. The summed E-state index contributed by atoms with van der Waals surface area (Å²) in [5.41, 5.74) is 0.651. The first-order valence-electron chi connectivity index (χ1n) is 11.9. The molecule has 0 bridgehead atoms. The SMILES string of the molecule is CC(=O)O[C@H]1C[C@H]2[C@@](C)(CC[C@H]3C(C)(C)CCC[C@]23C)[C@@H]2C[C@@H](O)C(C=O)=C[C@@]12C. The molecule has 0 radical (unpaired) electrons. The number of hydrogen-bond donors (Lipinski definition) is 1. The van der Waals surface area contributed by atoms with Crippen LogP contribution in [0.25, 0.3) is 0 Å². The molecule has 0 amide bonds. The van der Waals surface area contributed by atoms with E-state index in [9.17, 15) is 14.7 Å². The molecule has 4 heteroatoms. The minimum Gasteiger partial charge on any atom is -0.462 e. The molecule has 0 heterocycles. The molecular formula is C26H40O4. The van der Waals surface area contributed by atoms with Crippen LogP contribution < -0.4 is 0 Å². The van der Waals surface area contributed by atoms with E-state index in [4.69, 9.17) is 4.74 Å². The summed E-state index contributed by atoms with van der Waals surface area (Å²) < 4.78 is 5.98. The second-order valence-electron chi connectivity index (χ2n) is 12.3. The Balaban J connectivity index is 1.83. The second-order valence-corrected chi connectivity index (χ2v) is 12.3. The molecule has 4 rings (SSSR count). The zero-order valence-corrected chi connectivity index (χ0v) is 19.7. The van der Waals surface area contributed by atoms with Gasteiger partial charge in [-0.2, -0.15) is 0 Å². The third kappa shape index (κ3) is 2.96. The molecule has 4 aliphatic rings. The van der Waals surface area contributed by atoms with Gasteiger partial charge in [0.25, 0.3) is 0 Å². The average Bonchev–Trinajstić information content (AvgIpc) is 2.63. The molecule has 4 nitrogen and oxygen atoms in total. The van der Waals surface area contributed by atoms with Crippen molar-refractivity contribution in [2.24, 2.45) is 39.4 Å². The van der Waals surface area contributed by atoms with Gasteiger partial charge < -0.3 is 9.84 Å². The summed E-state index contributed by atoms with van der Waals surface area (Å²) in [6.07, 6.45) is 9.34. The summed E-state index contributed by atoms with van der Waals surface area (Å²) in [5, 5.41) is 10.8. The smallest absolute Gasteiger partial charge is 0.302 e. The maximum absolute atomic E-state index is 12.1. The molecule has 0 aromatic carbocycles. The maximum atomic E-state index is 12.1. The van der Waals surface area contributed by atoms with Gasteiger partial charge in [-0.05, 0) is 72.5 Å². The Kier molecular flexibility index (Phi) is 5.08. The van der Waals surface area contributed by atoms with Crippen molar-refractivity contribution in [3.63, 3.8) is 0 Å². The number of fused-ring (bicyclic) bond motifs is 5. The lowest BCUT2D eigenvalue weighted by molar-refractivity contribution is -0.226. The molecule has 30 heavy (non-hydrogen) atoms. The Morgan fingerprint density at radius 2 is 1.70 bits per heavy atom. The van der Waals surface area contributed by atoms with Gasteiger partial charge in [0.2, 0.25) is 0 Å². The zero-order chi connectivity index (χ0) is 22.1. The number of carbonyl (C=O) groups excluding carboxylic acids is 2. The lowest BCUT2D eigenvalue weighted by Gasteiger charge is -2.69. The van der Waals surface area contributed by atoms with Crippen LogP contribution in [0, 0.1) is 39.4 Å². The second kappa shape index (κ2) is 6.92. The van der Waals surface area contributed by atoms with Crippen LogP contribution in [0.4, 0.5) is 0 Å². The lowest BCUT2D eigenvalue weighted by atomic mass is 9.35. The van der Waals surface area contributed by atoms with Crippen LogP contribution >= 0.6 is 0 Å². The van der Waals surface area contributed by atoms with Crippen molar-refractivity contribution >= 4 is 12.3 Å². The standard InChI is InChI=1S/C26H40O4/c1-16(28)30-22-13-21-24(4)10-7-9-23(2,3)19(24)8-11-25(21,5)20-12-18(29)17(15-27)14-26(20,22)6/h14-15,18-22,29H,7-13H2,1-6H3/t18-,19+,20+,21-,22+,24+,25+,26-/m1/s1. The molecule has 0 unspecified atom stereocenters. The van der Waals surface area contributed by atoms with Crippen LogP contribution in [-0.2, 0) is 14.3 Å². The van der Waals surface area contributed by atoms with E-state index in [0.717, 1.165) is 19.1 Å². The first-order valence-corrected chi connectivity index (χ1v) is 11.9. The van der Waals surface area contributed by atoms with Gasteiger partial charge in [-0.25, -0.2) is 0 Å². The third-order valence-electron chi connectivity index (χ3n) is 10.3. The van der Waals surface area contributed by atoms with Gasteiger partial charge in [0, 0.05) is 17.9 Å². The van der Waals surface area contributed by atoms with Crippen molar-refractivity contribution in [1.82, 2.24) is 0 Å². The van der Waals surface area contributed by atoms with Gasteiger partial charge in [-0.15, -0.1) is 0 Å². The molecule has 0 saturated heterocycles. The third-order valence-corrected chi connectivity index (χ3v) is 10.3. The molecule has 0 aromatic rings. The van der Waals surface area contributed by atoms with Crippen molar-refractivity contribution < 1.29 is 19.4 Å². The summed E-state index contributed by atoms with van der Waals surface area (Å²) in [6, 6.07) is 0. The Morgan fingerprint density at radius 1 is 1.03 bits per heavy atom. The van der Waals surface area contributed by atoms with Crippen LogP contribution in [0.3, 0.4) is 0 Å². The summed E-state index contributed by atoms with van der Waals surface area (Å²) in [7, 11) is 0.